The van der Waals surface area contributed by atoms with Crippen LogP contribution in [0.2, 0.25) is 0 Å². The van der Waals surface area contributed by atoms with Gasteiger partial charge >= 0.3 is 0 Å². The van der Waals surface area contributed by atoms with Gasteiger partial charge in [-0.15, -0.1) is 0 Å². The molecule has 136 valence electrons. The molecule has 0 saturated carbocycles. The monoisotopic (exact) mass is 358 g/mol. The van der Waals surface area contributed by atoms with E-state index < -0.39 is 4.92 Å². The molecule has 1 aliphatic heterocycles. The van der Waals surface area contributed by atoms with Crippen LogP contribution in [0, 0.1) is 15.9 Å². The molecule has 0 spiro atoms. The van der Waals surface area contributed by atoms with Gasteiger partial charge in [0.15, 0.2) is 0 Å². The van der Waals surface area contributed by atoms with Gasteiger partial charge in [0.05, 0.1) is 17.2 Å². The number of nitrogens with zero attached hydrogens (tertiary/aromatic N) is 3. The summed E-state index contributed by atoms with van der Waals surface area (Å²) in [5.74, 6) is -0.561. The first-order valence-electron chi connectivity index (χ1n) is 8.29. The number of anilines is 2. The number of piperazine rings is 1. The average molecular weight is 358 g/mol. The number of amides is 1. The zero-order valence-corrected chi connectivity index (χ0v) is 14.1. The number of halogens is 1. The number of hydrogen-bond donors (Lipinski definition) is 1. The molecule has 0 aromatic heterocycles. The van der Waals surface area contributed by atoms with E-state index in [9.17, 15) is 19.3 Å². The Bertz CT molecular complexity index is 807. The second-order valence-electron chi connectivity index (χ2n) is 6.04. The van der Waals surface area contributed by atoms with Crippen LogP contribution < -0.4 is 10.2 Å². The number of benzene rings is 2. The minimum atomic E-state index is -0.525. The van der Waals surface area contributed by atoms with Crippen molar-refractivity contribution in [2.24, 2.45) is 0 Å². The number of carbonyl (C=O) groups excluding carboxylic acids is 1. The molecule has 0 atom stereocenters. The number of carbonyl (C=O) groups is 1. The number of nitrogens with one attached hydrogen (secondary N) is 1. The first kappa shape index (κ1) is 17.8. The molecule has 2 aromatic rings. The number of nitro benzene ring substituents is 1. The van der Waals surface area contributed by atoms with Gasteiger partial charge in [0.25, 0.3) is 5.69 Å². The normalized spacial score (nSPS) is 14.9. The summed E-state index contributed by atoms with van der Waals surface area (Å²) in [6, 6.07) is 12.7. The molecular formula is C18H19FN4O3. The van der Waals surface area contributed by atoms with E-state index in [0.717, 1.165) is 0 Å². The van der Waals surface area contributed by atoms with Crippen LogP contribution in [0.1, 0.15) is 0 Å². The van der Waals surface area contributed by atoms with E-state index in [4.69, 9.17) is 0 Å². The van der Waals surface area contributed by atoms with E-state index >= 15 is 0 Å². The highest BCUT2D eigenvalue weighted by Gasteiger charge is 2.22. The molecule has 1 aliphatic rings. The fourth-order valence-electron chi connectivity index (χ4n) is 2.99. The van der Waals surface area contributed by atoms with Gasteiger partial charge in [0.2, 0.25) is 5.91 Å². The number of para-hydroxylation sites is 3. The third kappa shape index (κ3) is 4.15. The Morgan fingerprint density at radius 3 is 2.42 bits per heavy atom. The Kier molecular flexibility index (Phi) is 5.43. The molecular weight excluding hydrogens is 339 g/mol. The molecule has 1 N–H and O–H groups in total. The first-order chi connectivity index (χ1) is 12.5. The summed E-state index contributed by atoms with van der Waals surface area (Å²) in [6.07, 6.45) is 0. The maximum Gasteiger partial charge on any atom is 0.292 e. The van der Waals surface area contributed by atoms with Crippen LogP contribution in [0.3, 0.4) is 0 Å². The second kappa shape index (κ2) is 7.92. The third-order valence-electron chi connectivity index (χ3n) is 4.31. The van der Waals surface area contributed by atoms with Crippen LogP contribution >= 0.6 is 0 Å². The predicted octanol–water partition coefficient (Wildman–Crippen LogP) is 2.49. The fourth-order valence-corrected chi connectivity index (χ4v) is 2.99. The maximum absolute atomic E-state index is 13.9. The van der Waals surface area contributed by atoms with Crippen LogP contribution in [0.15, 0.2) is 48.5 Å². The van der Waals surface area contributed by atoms with Crippen LogP contribution in [0.4, 0.5) is 21.5 Å². The minimum absolute atomic E-state index is 0.134. The lowest BCUT2D eigenvalue weighted by atomic mass is 10.2. The Morgan fingerprint density at radius 1 is 1.08 bits per heavy atom. The van der Waals surface area contributed by atoms with Crippen molar-refractivity contribution in [2.75, 3.05) is 42.9 Å². The third-order valence-corrected chi connectivity index (χ3v) is 4.31. The summed E-state index contributed by atoms with van der Waals surface area (Å²) >= 11 is 0. The van der Waals surface area contributed by atoms with Crippen LogP contribution in [0.25, 0.3) is 0 Å². The predicted molar refractivity (Wildman–Crippen MR) is 96.8 cm³/mol. The molecule has 2 aromatic carbocycles. The zero-order chi connectivity index (χ0) is 18.5. The lowest BCUT2D eigenvalue weighted by molar-refractivity contribution is -0.383. The summed E-state index contributed by atoms with van der Waals surface area (Å²) in [5, 5.41) is 13.6. The van der Waals surface area contributed by atoms with E-state index in [1.165, 1.54) is 18.2 Å². The van der Waals surface area contributed by atoms with Crippen molar-refractivity contribution in [1.29, 1.82) is 0 Å². The molecule has 1 heterocycles. The Morgan fingerprint density at radius 2 is 1.73 bits per heavy atom. The van der Waals surface area contributed by atoms with Gasteiger partial charge in [-0.1, -0.05) is 24.3 Å². The van der Waals surface area contributed by atoms with Crippen molar-refractivity contribution in [3.63, 3.8) is 0 Å². The Hall–Kier alpha value is -3.00. The van der Waals surface area contributed by atoms with Gasteiger partial charge in [-0.05, 0) is 18.2 Å². The topological polar surface area (TPSA) is 78.7 Å². The van der Waals surface area contributed by atoms with E-state index in [1.807, 2.05) is 9.80 Å². The highest BCUT2D eigenvalue weighted by molar-refractivity contribution is 5.94. The smallest absolute Gasteiger partial charge is 0.292 e. The number of hydrogen-bond acceptors (Lipinski definition) is 5. The highest BCUT2D eigenvalue weighted by atomic mass is 19.1. The molecule has 1 amide bonds. The second-order valence-corrected chi connectivity index (χ2v) is 6.04. The van der Waals surface area contributed by atoms with E-state index in [1.54, 1.807) is 30.3 Å². The maximum atomic E-state index is 13.9. The van der Waals surface area contributed by atoms with Gasteiger partial charge in [-0.25, -0.2) is 4.39 Å². The number of rotatable bonds is 5. The summed E-state index contributed by atoms with van der Waals surface area (Å²) in [4.78, 5) is 26.6. The molecule has 0 bridgehead atoms. The van der Waals surface area contributed by atoms with Gasteiger partial charge in [-0.2, -0.15) is 0 Å². The molecule has 1 saturated heterocycles. The lowest BCUT2D eigenvalue weighted by Gasteiger charge is -2.35. The molecule has 1 fully saturated rings. The molecule has 8 heteroatoms. The van der Waals surface area contributed by atoms with Gasteiger partial charge < -0.3 is 10.2 Å². The fraction of sp³-hybridized carbons (Fsp3) is 0.278. The van der Waals surface area contributed by atoms with Gasteiger partial charge in [-0.3, -0.25) is 19.8 Å². The van der Waals surface area contributed by atoms with Crippen molar-refractivity contribution >= 4 is 23.0 Å². The Balaban J connectivity index is 1.54. The Labute approximate surface area is 150 Å². The van der Waals surface area contributed by atoms with Crippen LogP contribution in [0.5, 0.6) is 0 Å². The summed E-state index contributed by atoms with van der Waals surface area (Å²) < 4.78 is 13.9. The summed E-state index contributed by atoms with van der Waals surface area (Å²) in [7, 11) is 0. The zero-order valence-electron chi connectivity index (χ0n) is 14.1. The SMILES string of the molecule is O=C(CN1CCN(c2ccccc2F)CC1)Nc1ccccc1[N+](=O)[O-]. The van der Waals surface area contributed by atoms with E-state index in [2.05, 4.69) is 5.32 Å². The van der Waals surface area contributed by atoms with Crippen molar-refractivity contribution in [2.45, 2.75) is 0 Å². The first-order valence-corrected chi connectivity index (χ1v) is 8.29. The molecule has 0 aliphatic carbocycles. The van der Waals surface area contributed by atoms with Crippen molar-refractivity contribution < 1.29 is 14.1 Å². The molecule has 26 heavy (non-hydrogen) atoms. The van der Waals surface area contributed by atoms with Gasteiger partial charge in [0.1, 0.15) is 11.5 Å². The largest absolute Gasteiger partial charge is 0.367 e. The molecule has 3 rings (SSSR count). The number of nitro groups is 1. The standard InChI is InChI=1S/C18H19FN4O3/c19-14-5-1-3-7-16(14)22-11-9-21(10-12-22)13-18(24)20-15-6-2-4-8-17(15)23(25)26/h1-8H,9-13H2,(H,20,24). The quantitative estimate of drug-likeness (QED) is 0.656. The van der Waals surface area contributed by atoms with Crippen LogP contribution in [-0.2, 0) is 4.79 Å². The summed E-state index contributed by atoms with van der Waals surface area (Å²) in [5.41, 5.74) is 0.620. The summed E-state index contributed by atoms with van der Waals surface area (Å²) in [6.45, 7) is 2.58. The molecule has 0 radical (unpaired) electrons. The van der Waals surface area contributed by atoms with Crippen molar-refractivity contribution in [1.82, 2.24) is 4.90 Å². The van der Waals surface area contributed by atoms with E-state index in [0.29, 0.717) is 31.9 Å². The van der Waals surface area contributed by atoms with Crippen molar-refractivity contribution in [3.05, 3.63) is 64.5 Å². The van der Waals surface area contributed by atoms with E-state index in [-0.39, 0.29) is 29.6 Å². The lowest BCUT2D eigenvalue weighted by Crippen LogP contribution is -2.48. The van der Waals surface area contributed by atoms with Crippen LogP contribution in [-0.4, -0.2) is 48.5 Å². The van der Waals surface area contributed by atoms with Gasteiger partial charge in [0, 0.05) is 32.2 Å². The highest BCUT2D eigenvalue weighted by Crippen LogP contribution is 2.23. The molecule has 0 unspecified atom stereocenters. The average Bonchev–Trinajstić information content (AvgIpc) is 2.63. The molecule has 7 nitrogen and oxygen atoms in total. The minimum Gasteiger partial charge on any atom is -0.367 e. The van der Waals surface area contributed by atoms with Crippen molar-refractivity contribution in [3.8, 4) is 0 Å².